The summed E-state index contributed by atoms with van der Waals surface area (Å²) in [5.74, 6) is -0.0800. The van der Waals surface area contributed by atoms with Crippen LogP contribution in [0.4, 0.5) is 0 Å². The quantitative estimate of drug-likeness (QED) is 0.736. The fourth-order valence-corrected chi connectivity index (χ4v) is 4.79. The lowest BCUT2D eigenvalue weighted by Gasteiger charge is -2.21. The van der Waals surface area contributed by atoms with E-state index < -0.39 is 10.0 Å². The van der Waals surface area contributed by atoms with Crippen LogP contribution in [-0.4, -0.2) is 64.2 Å². The summed E-state index contributed by atoms with van der Waals surface area (Å²) >= 11 is 0. The lowest BCUT2D eigenvalue weighted by Crippen LogP contribution is -2.37. The third kappa shape index (κ3) is 3.35. The first-order valence-electron chi connectivity index (χ1n) is 8.80. The van der Waals surface area contributed by atoms with Crippen LogP contribution in [0.5, 0.6) is 0 Å². The number of fused-ring (bicyclic) bond motifs is 1. The summed E-state index contributed by atoms with van der Waals surface area (Å²) in [5.41, 5.74) is 1.51. The molecule has 1 aliphatic heterocycles. The number of nitrogens with zero attached hydrogens (tertiary/aromatic N) is 4. The fraction of sp³-hybridized carbons (Fsp3) is 0.333. The molecule has 1 saturated heterocycles. The summed E-state index contributed by atoms with van der Waals surface area (Å²) in [4.78, 5) is 21.7. The van der Waals surface area contributed by atoms with E-state index in [9.17, 15) is 13.2 Å². The highest BCUT2D eigenvalue weighted by molar-refractivity contribution is 7.89. The number of nitrogens with one attached hydrogen (secondary N) is 1. The number of carbonyl (C=O) groups is 1. The van der Waals surface area contributed by atoms with E-state index in [1.807, 2.05) is 30.5 Å². The number of hydrogen-bond acceptors (Lipinski definition) is 4. The predicted octanol–water partition coefficient (Wildman–Crippen LogP) is 1.44. The third-order valence-corrected chi connectivity index (χ3v) is 6.61. The second-order valence-corrected chi connectivity index (χ2v) is 8.59. The molecule has 8 nitrogen and oxygen atoms in total. The van der Waals surface area contributed by atoms with Gasteiger partial charge in [-0.05, 0) is 30.0 Å². The van der Waals surface area contributed by atoms with E-state index in [2.05, 4.69) is 9.97 Å². The molecule has 0 saturated carbocycles. The predicted molar refractivity (Wildman–Crippen MR) is 101 cm³/mol. The Labute approximate surface area is 157 Å². The molecule has 0 spiro atoms. The van der Waals surface area contributed by atoms with Crippen molar-refractivity contribution in [3.05, 3.63) is 48.5 Å². The maximum Gasteiger partial charge on any atom is 0.262 e. The molecule has 4 rings (SSSR count). The van der Waals surface area contributed by atoms with E-state index in [1.54, 1.807) is 16.5 Å². The molecular weight excluding hydrogens is 366 g/mol. The number of imidazole rings is 1. The van der Waals surface area contributed by atoms with Gasteiger partial charge in [-0.25, -0.2) is 13.4 Å². The second kappa shape index (κ2) is 6.82. The number of aromatic nitrogens is 3. The molecule has 1 N–H and O–H groups in total. The minimum Gasteiger partial charge on any atom is -0.361 e. The molecule has 0 aliphatic carbocycles. The molecule has 142 valence electrons. The van der Waals surface area contributed by atoms with Gasteiger partial charge in [0.15, 0.2) is 5.03 Å². The topological polar surface area (TPSA) is 91.3 Å². The zero-order chi connectivity index (χ0) is 19.0. The van der Waals surface area contributed by atoms with E-state index in [0.717, 1.165) is 10.9 Å². The Morgan fingerprint density at radius 3 is 2.78 bits per heavy atom. The number of sulfonamides is 1. The Morgan fingerprint density at radius 2 is 2.00 bits per heavy atom. The van der Waals surface area contributed by atoms with Gasteiger partial charge in [0.2, 0.25) is 0 Å². The van der Waals surface area contributed by atoms with Crippen molar-refractivity contribution in [3.63, 3.8) is 0 Å². The van der Waals surface area contributed by atoms with Crippen molar-refractivity contribution in [2.45, 2.75) is 11.4 Å². The molecule has 0 unspecified atom stereocenters. The number of carbonyl (C=O) groups excluding carboxylic acids is 1. The van der Waals surface area contributed by atoms with Crippen molar-refractivity contribution < 1.29 is 13.2 Å². The van der Waals surface area contributed by atoms with Gasteiger partial charge in [0.25, 0.3) is 15.9 Å². The average Bonchev–Trinajstić information content (AvgIpc) is 3.22. The first kappa shape index (κ1) is 17.7. The van der Waals surface area contributed by atoms with Gasteiger partial charge in [0.05, 0.1) is 6.33 Å². The van der Waals surface area contributed by atoms with Crippen LogP contribution >= 0.6 is 0 Å². The Hall–Kier alpha value is -2.65. The molecule has 0 radical (unpaired) electrons. The Kier molecular flexibility index (Phi) is 4.48. The molecule has 9 heteroatoms. The fourth-order valence-electron chi connectivity index (χ4n) is 3.35. The van der Waals surface area contributed by atoms with E-state index in [0.29, 0.717) is 31.6 Å². The summed E-state index contributed by atoms with van der Waals surface area (Å²) in [6.45, 7) is 1.51. The first-order valence-corrected chi connectivity index (χ1v) is 10.2. The normalized spacial score (nSPS) is 16.6. The van der Waals surface area contributed by atoms with Gasteiger partial charge in [-0.15, -0.1) is 0 Å². The third-order valence-electron chi connectivity index (χ3n) is 4.83. The lowest BCUT2D eigenvalue weighted by atomic mass is 10.1. The van der Waals surface area contributed by atoms with Gasteiger partial charge >= 0.3 is 0 Å². The Balaban J connectivity index is 1.50. The number of benzene rings is 1. The van der Waals surface area contributed by atoms with Crippen LogP contribution in [0.3, 0.4) is 0 Å². The Morgan fingerprint density at radius 1 is 1.15 bits per heavy atom. The van der Waals surface area contributed by atoms with Crippen LogP contribution in [0, 0.1) is 0 Å². The maximum absolute atomic E-state index is 12.9. The largest absolute Gasteiger partial charge is 0.361 e. The van der Waals surface area contributed by atoms with Gasteiger partial charge < -0.3 is 14.5 Å². The van der Waals surface area contributed by atoms with Gasteiger partial charge in [-0.1, -0.05) is 6.07 Å². The van der Waals surface area contributed by atoms with Crippen LogP contribution in [0.15, 0.2) is 48.0 Å². The minimum absolute atomic E-state index is 0.0435. The zero-order valence-corrected chi connectivity index (χ0v) is 15.8. The summed E-state index contributed by atoms with van der Waals surface area (Å²) in [5, 5.41) is 1.09. The maximum atomic E-state index is 12.9. The monoisotopic (exact) mass is 387 g/mol. The Bertz CT molecular complexity index is 1090. The highest BCUT2D eigenvalue weighted by Crippen LogP contribution is 2.19. The van der Waals surface area contributed by atoms with Gasteiger partial charge in [-0.3, -0.25) is 4.79 Å². The van der Waals surface area contributed by atoms with Crippen molar-refractivity contribution in [2.24, 2.45) is 7.05 Å². The molecule has 0 atom stereocenters. The molecular formula is C18H21N5O3S. The number of amides is 1. The van der Waals surface area contributed by atoms with Crippen molar-refractivity contribution in [2.75, 3.05) is 26.2 Å². The van der Waals surface area contributed by atoms with E-state index in [-0.39, 0.29) is 17.5 Å². The summed E-state index contributed by atoms with van der Waals surface area (Å²) in [6.07, 6.45) is 5.39. The highest BCUT2D eigenvalue weighted by Gasteiger charge is 2.30. The smallest absolute Gasteiger partial charge is 0.262 e. The van der Waals surface area contributed by atoms with Crippen molar-refractivity contribution in [1.29, 1.82) is 0 Å². The second-order valence-electron chi connectivity index (χ2n) is 6.71. The average molecular weight is 387 g/mol. The summed E-state index contributed by atoms with van der Waals surface area (Å²) in [7, 11) is -1.91. The van der Waals surface area contributed by atoms with Crippen LogP contribution in [0.2, 0.25) is 0 Å². The van der Waals surface area contributed by atoms with E-state index in [1.165, 1.54) is 16.8 Å². The van der Waals surface area contributed by atoms with Crippen molar-refractivity contribution >= 4 is 26.8 Å². The number of aromatic amines is 1. The summed E-state index contributed by atoms with van der Waals surface area (Å²) in [6, 6.07) is 7.52. The molecule has 1 aliphatic rings. The number of H-pyrrole nitrogens is 1. The highest BCUT2D eigenvalue weighted by atomic mass is 32.2. The number of hydrogen-bond donors (Lipinski definition) is 1. The molecule has 2 aromatic heterocycles. The van der Waals surface area contributed by atoms with Crippen LogP contribution in [0.25, 0.3) is 10.9 Å². The van der Waals surface area contributed by atoms with E-state index in [4.69, 9.17) is 0 Å². The molecule has 27 heavy (non-hydrogen) atoms. The standard InChI is InChI=1S/C18H21N5O3S/c1-21-12-17(20-13-21)27(25,26)23-8-2-7-22(9-10-23)18(24)15-4-3-14-5-6-19-16(14)11-15/h3-6,11-13,19H,2,7-10H2,1H3. The zero-order valence-electron chi connectivity index (χ0n) is 15.0. The van der Waals surface area contributed by atoms with Crippen molar-refractivity contribution in [1.82, 2.24) is 23.7 Å². The number of aryl methyl sites for hydroxylation is 1. The minimum atomic E-state index is -3.64. The SMILES string of the molecule is Cn1cnc(S(=O)(=O)N2CCCN(C(=O)c3ccc4cc[nH]c4c3)CC2)c1. The molecule has 3 aromatic rings. The molecule has 3 heterocycles. The first-order chi connectivity index (χ1) is 12.9. The van der Waals surface area contributed by atoms with Gasteiger partial charge in [-0.2, -0.15) is 4.31 Å². The van der Waals surface area contributed by atoms with E-state index >= 15 is 0 Å². The van der Waals surface area contributed by atoms with Gasteiger partial charge in [0, 0.05) is 56.7 Å². The summed E-state index contributed by atoms with van der Waals surface area (Å²) < 4.78 is 28.5. The van der Waals surface area contributed by atoms with Crippen LogP contribution in [-0.2, 0) is 17.1 Å². The lowest BCUT2D eigenvalue weighted by molar-refractivity contribution is 0.0764. The number of rotatable bonds is 3. The molecule has 1 fully saturated rings. The van der Waals surface area contributed by atoms with Gasteiger partial charge in [0.1, 0.15) is 0 Å². The van der Waals surface area contributed by atoms with Crippen molar-refractivity contribution in [3.8, 4) is 0 Å². The molecule has 1 aromatic carbocycles. The van der Waals surface area contributed by atoms with Crippen LogP contribution in [0.1, 0.15) is 16.8 Å². The molecule has 0 bridgehead atoms. The van der Waals surface area contributed by atoms with Crippen LogP contribution < -0.4 is 0 Å². The molecule has 1 amide bonds.